The SMILES string of the molecule is Cc1ccccc1-c1c2c(cc[n+]1/C=C\c1ccccc1-c1c3c(cc[n+]1C)-c1ccc4ccccc4c1C3(C)C)-c1ccc3ccccc3c1C2(C)C. The Bertz CT molecular complexity index is 2900. The van der Waals surface area contributed by atoms with Crippen LogP contribution < -0.4 is 9.13 Å². The minimum atomic E-state index is -0.207. The van der Waals surface area contributed by atoms with E-state index in [0.717, 1.165) is 0 Å². The maximum absolute atomic E-state index is 2.41. The summed E-state index contributed by atoms with van der Waals surface area (Å²) in [5.74, 6) is 0. The lowest BCUT2D eigenvalue weighted by Gasteiger charge is -2.24. The Labute approximate surface area is 318 Å². The van der Waals surface area contributed by atoms with Crippen molar-refractivity contribution in [2.45, 2.75) is 45.4 Å². The van der Waals surface area contributed by atoms with Crippen molar-refractivity contribution in [3.05, 3.63) is 179 Å². The predicted molar refractivity (Wildman–Crippen MR) is 225 cm³/mol. The first-order chi connectivity index (χ1) is 26.2. The molecule has 0 atom stereocenters. The van der Waals surface area contributed by atoms with Crippen LogP contribution in [0, 0.1) is 6.92 Å². The molecule has 0 unspecified atom stereocenters. The third kappa shape index (κ3) is 4.53. The summed E-state index contributed by atoms with van der Waals surface area (Å²) in [5.41, 5.74) is 18.0. The number of pyridine rings is 2. The van der Waals surface area contributed by atoms with Gasteiger partial charge < -0.3 is 0 Å². The van der Waals surface area contributed by atoms with E-state index >= 15 is 0 Å². The molecule has 2 heterocycles. The Morgan fingerprint density at radius 1 is 0.444 bits per heavy atom. The molecule has 0 bridgehead atoms. The van der Waals surface area contributed by atoms with E-state index < -0.39 is 0 Å². The van der Waals surface area contributed by atoms with Crippen LogP contribution in [0.4, 0.5) is 0 Å². The molecule has 6 aromatic carbocycles. The fourth-order valence-corrected chi connectivity index (χ4v) is 10.1. The Hall–Kier alpha value is -6.12. The highest BCUT2D eigenvalue weighted by Gasteiger charge is 2.44. The van der Waals surface area contributed by atoms with Gasteiger partial charge in [-0.3, -0.25) is 0 Å². The monoisotopic (exact) mass is 696 g/mol. The van der Waals surface area contributed by atoms with Crippen LogP contribution in [0.3, 0.4) is 0 Å². The molecule has 8 aromatic rings. The van der Waals surface area contributed by atoms with Crippen molar-refractivity contribution in [3.8, 4) is 44.8 Å². The summed E-state index contributed by atoms with van der Waals surface area (Å²) in [6.45, 7) is 11.9. The number of benzene rings is 6. The van der Waals surface area contributed by atoms with Crippen LogP contribution in [-0.2, 0) is 17.9 Å². The molecule has 0 radical (unpaired) electrons. The first kappa shape index (κ1) is 32.5. The van der Waals surface area contributed by atoms with Crippen molar-refractivity contribution < 1.29 is 9.13 Å². The van der Waals surface area contributed by atoms with Gasteiger partial charge in [0.25, 0.3) is 0 Å². The molecular weight excluding hydrogens is 653 g/mol. The van der Waals surface area contributed by atoms with Crippen LogP contribution in [0.25, 0.3) is 78.6 Å². The van der Waals surface area contributed by atoms with Gasteiger partial charge in [0.2, 0.25) is 11.4 Å². The lowest BCUT2D eigenvalue weighted by molar-refractivity contribution is -0.660. The topological polar surface area (TPSA) is 7.76 Å². The summed E-state index contributed by atoms with van der Waals surface area (Å²) in [6, 6.07) is 49.3. The molecule has 2 aliphatic carbocycles. The lowest BCUT2D eigenvalue weighted by atomic mass is 9.78. The van der Waals surface area contributed by atoms with Gasteiger partial charge in [-0.1, -0.05) is 137 Å². The van der Waals surface area contributed by atoms with Crippen molar-refractivity contribution in [2.75, 3.05) is 0 Å². The first-order valence-electron chi connectivity index (χ1n) is 19.2. The number of nitrogens with zero attached hydrogens (tertiary/aromatic N) is 2. The minimum Gasteiger partial charge on any atom is -0.201 e. The zero-order valence-electron chi connectivity index (χ0n) is 31.9. The minimum absolute atomic E-state index is 0.186. The second-order valence-corrected chi connectivity index (χ2v) is 16.3. The standard InChI is InChI=1S/C52H44N2/c1-33-15-7-11-19-37(33)50-48-44(42-26-24-35-17-9-13-21-39(35)46(42)52(48,4)5)29-32-54(50)31-27-36-18-10-14-22-40(36)49-47-43(28-30-53(49)6)41-25-23-34-16-8-12-20-38(34)45(41)51(47,2)3/h7-32H,1-6H3/q+2/b31-27-. The molecule has 2 aliphatic rings. The van der Waals surface area contributed by atoms with Crippen LogP contribution in [-0.4, -0.2) is 0 Å². The van der Waals surface area contributed by atoms with Gasteiger partial charge in [0.1, 0.15) is 7.05 Å². The Morgan fingerprint density at radius 2 is 0.944 bits per heavy atom. The number of aryl methyl sites for hydroxylation is 2. The first-order valence-corrected chi connectivity index (χ1v) is 19.2. The number of hydrogen-bond acceptors (Lipinski definition) is 0. The molecule has 10 rings (SSSR count). The van der Waals surface area contributed by atoms with Gasteiger partial charge in [-0.15, -0.1) is 0 Å². The van der Waals surface area contributed by atoms with Crippen molar-refractivity contribution >= 4 is 33.8 Å². The predicted octanol–water partition coefficient (Wildman–Crippen LogP) is 12.0. The quantitative estimate of drug-likeness (QED) is 0.162. The molecule has 0 N–H and O–H groups in total. The van der Waals surface area contributed by atoms with E-state index in [-0.39, 0.29) is 10.8 Å². The van der Waals surface area contributed by atoms with Crippen molar-refractivity contribution in [1.82, 2.24) is 0 Å². The largest absolute Gasteiger partial charge is 0.222 e. The van der Waals surface area contributed by atoms with Crippen LogP contribution in [0.1, 0.15) is 61.1 Å². The van der Waals surface area contributed by atoms with Crippen molar-refractivity contribution in [3.63, 3.8) is 0 Å². The summed E-state index contributed by atoms with van der Waals surface area (Å²) in [4.78, 5) is 0. The molecule has 2 aromatic heterocycles. The van der Waals surface area contributed by atoms with E-state index in [4.69, 9.17) is 0 Å². The molecule has 0 amide bonds. The normalized spacial score (nSPS) is 14.7. The summed E-state index contributed by atoms with van der Waals surface area (Å²) in [5, 5.41) is 5.26. The third-order valence-corrected chi connectivity index (χ3v) is 12.5. The van der Waals surface area contributed by atoms with Crippen molar-refractivity contribution in [1.29, 1.82) is 0 Å². The van der Waals surface area contributed by atoms with E-state index in [9.17, 15) is 0 Å². The fraction of sp³-hybridized carbons (Fsp3) is 0.154. The highest BCUT2D eigenvalue weighted by Crippen LogP contribution is 2.55. The van der Waals surface area contributed by atoms with Crippen LogP contribution in [0.15, 0.2) is 146 Å². The molecule has 0 saturated heterocycles. The number of fused-ring (bicyclic) bond motifs is 10. The Morgan fingerprint density at radius 3 is 1.57 bits per heavy atom. The van der Waals surface area contributed by atoms with Gasteiger partial charge >= 0.3 is 0 Å². The Kier molecular flexibility index (Phi) is 7.04. The highest BCUT2D eigenvalue weighted by atomic mass is 14.9. The zero-order valence-corrected chi connectivity index (χ0v) is 31.9. The second-order valence-electron chi connectivity index (χ2n) is 16.3. The highest BCUT2D eigenvalue weighted by molar-refractivity contribution is 6.00. The molecule has 0 saturated carbocycles. The lowest BCUT2D eigenvalue weighted by Crippen LogP contribution is -2.34. The van der Waals surface area contributed by atoms with Gasteiger partial charge in [0, 0.05) is 45.7 Å². The molecule has 2 heteroatoms. The smallest absolute Gasteiger partial charge is 0.201 e. The van der Waals surface area contributed by atoms with Crippen LogP contribution in [0.5, 0.6) is 0 Å². The average molecular weight is 697 g/mol. The van der Waals surface area contributed by atoms with Gasteiger partial charge in [-0.25, -0.2) is 4.57 Å². The zero-order chi connectivity index (χ0) is 36.9. The average Bonchev–Trinajstić information content (AvgIpc) is 3.57. The molecule has 0 aliphatic heterocycles. The van der Waals surface area contributed by atoms with Crippen molar-refractivity contribution in [2.24, 2.45) is 7.05 Å². The molecule has 54 heavy (non-hydrogen) atoms. The van der Waals surface area contributed by atoms with Crippen LogP contribution >= 0.6 is 0 Å². The van der Waals surface area contributed by atoms with Gasteiger partial charge in [-0.05, 0) is 85.1 Å². The maximum Gasteiger partial charge on any atom is 0.222 e. The van der Waals surface area contributed by atoms with Crippen LogP contribution in [0.2, 0.25) is 0 Å². The summed E-state index contributed by atoms with van der Waals surface area (Å²) in [7, 11) is 2.20. The summed E-state index contributed by atoms with van der Waals surface area (Å²) < 4.78 is 4.70. The van der Waals surface area contributed by atoms with Gasteiger partial charge in [-0.2, -0.15) is 4.57 Å². The van der Waals surface area contributed by atoms with E-state index in [1.54, 1.807) is 0 Å². The van der Waals surface area contributed by atoms with Gasteiger partial charge in [0.15, 0.2) is 18.6 Å². The van der Waals surface area contributed by atoms with Gasteiger partial charge in [0.05, 0.1) is 5.56 Å². The summed E-state index contributed by atoms with van der Waals surface area (Å²) >= 11 is 0. The fourth-order valence-electron chi connectivity index (χ4n) is 10.1. The Balaban J connectivity index is 1.16. The van der Waals surface area contributed by atoms with E-state index in [2.05, 4.69) is 209 Å². The van der Waals surface area contributed by atoms with E-state index in [1.807, 2.05) is 0 Å². The molecule has 260 valence electrons. The van der Waals surface area contributed by atoms with E-state index in [0.29, 0.717) is 0 Å². The summed E-state index contributed by atoms with van der Waals surface area (Å²) in [6.07, 6.45) is 9.11. The molecule has 0 fully saturated rings. The second kappa shape index (κ2) is 11.7. The molecular formula is C52H44N2+2. The molecule has 2 nitrogen and oxygen atoms in total. The molecule has 0 spiro atoms. The number of aromatic nitrogens is 2. The third-order valence-electron chi connectivity index (χ3n) is 12.5. The number of hydrogen-bond donors (Lipinski definition) is 0. The number of rotatable bonds is 4. The van der Waals surface area contributed by atoms with E-state index in [1.165, 1.54) is 99.7 Å². The maximum atomic E-state index is 2.41.